The Morgan fingerprint density at radius 3 is 1.50 bits per heavy atom. The van der Waals surface area contributed by atoms with E-state index >= 15 is 0 Å². The van der Waals surface area contributed by atoms with Gasteiger partial charge in [0.1, 0.15) is 0 Å². The van der Waals surface area contributed by atoms with Gasteiger partial charge in [-0.1, -0.05) is 12.2 Å². The van der Waals surface area contributed by atoms with Crippen molar-refractivity contribution in [2.45, 2.75) is 0 Å². The molecule has 38 valence electrons. The molecule has 0 atom stereocenters. The SMILES string of the molecule is N#C/C=C\C=C/C#N. The summed E-state index contributed by atoms with van der Waals surface area (Å²) in [6.45, 7) is 0. The molecule has 0 bridgehead atoms. The summed E-state index contributed by atoms with van der Waals surface area (Å²) >= 11 is 0. The molecule has 0 amide bonds. The third-order valence-corrected chi connectivity index (χ3v) is 0.453. The number of rotatable bonds is 1. The van der Waals surface area contributed by atoms with Crippen molar-refractivity contribution < 1.29 is 0 Å². The molecule has 0 aliphatic carbocycles. The quantitative estimate of drug-likeness (QED) is 0.370. The summed E-state index contributed by atoms with van der Waals surface area (Å²) in [6, 6.07) is 3.57. The van der Waals surface area contributed by atoms with Crippen LogP contribution in [0, 0.1) is 22.7 Å². The fourth-order valence-electron chi connectivity index (χ4n) is 0.197. The molecule has 0 radical (unpaired) electrons. The van der Waals surface area contributed by atoms with Crippen molar-refractivity contribution in [1.82, 2.24) is 0 Å². The Balaban J connectivity index is 3.51. The summed E-state index contributed by atoms with van der Waals surface area (Å²) in [5.41, 5.74) is 0. The van der Waals surface area contributed by atoms with Crippen LogP contribution in [0.1, 0.15) is 0 Å². The van der Waals surface area contributed by atoms with Crippen molar-refractivity contribution in [3.63, 3.8) is 0 Å². The van der Waals surface area contributed by atoms with Gasteiger partial charge >= 0.3 is 0 Å². The van der Waals surface area contributed by atoms with E-state index in [4.69, 9.17) is 10.5 Å². The molecule has 0 N–H and O–H groups in total. The molecule has 0 aromatic carbocycles. The van der Waals surface area contributed by atoms with E-state index in [0.717, 1.165) is 0 Å². The smallest absolute Gasteiger partial charge is 0.0912 e. The van der Waals surface area contributed by atoms with Crippen LogP contribution in [-0.2, 0) is 0 Å². The molecule has 0 unspecified atom stereocenters. The van der Waals surface area contributed by atoms with Gasteiger partial charge in [0, 0.05) is 12.2 Å². The Kier molecular flexibility index (Phi) is 4.41. The topological polar surface area (TPSA) is 47.6 Å². The van der Waals surface area contributed by atoms with Crippen molar-refractivity contribution in [3.8, 4) is 12.1 Å². The molecular formula is C6H4N2. The van der Waals surface area contributed by atoms with Gasteiger partial charge in [0.15, 0.2) is 0 Å². The van der Waals surface area contributed by atoms with Crippen LogP contribution in [0.5, 0.6) is 0 Å². The predicted octanol–water partition coefficient (Wildman–Crippen LogP) is 1.15. The van der Waals surface area contributed by atoms with Gasteiger partial charge in [-0.05, 0) is 0 Å². The Morgan fingerprint density at radius 2 is 1.25 bits per heavy atom. The maximum atomic E-state index is 7.91. The highest BCUT2D eigenvalue weighted by Gasteiger charge is 1.58. The Morgan fingerprint density at radius 1 is 0.875 bits per heavy atom. The lowest BCUT2D eigenvalue weighted by Crippen LogP contribution is -1.46. The van der Waals surface area contributed by atoms with Crippen molar-refractivity contribution in [3.05, 3.63) is 24.3 Å². The second-order valence-corrected chi connectivity index (χ2v) is 0.976. The van der Waals surface area contributed by atoms with E-state index in [1.54, 1.807) is 12.1 Å². The third-order valence-electron chi connectivity index (χ3n) is 0.453. The van der Waals surface area contributed by atoms with Crippen LogP contribution in [0.2, 0.25) is 0 Å². The molecule has 0 aromatic rings. The number of hydrogen-bond acceptors (Lipinski definition) is 2. The molecule has 0 spiro atoms. The van der Waals surface area contributed by atoms with Gasteiger partial charge in [0.25, 0.3) is 0 Å². The van der Waals surface area contributed by atoms with Crippen LogP contribution in [0.25, 0.3) is 0 Å². The van der Waals surface area contributed by atoms with Gasteiger partial charge in [-0.3, -0.25) is 0 Å². The first-order chi connectivity index (χ1) is 3.91. The maximum absolute atomic E-state index is 7.91. The minimum Gasteiger partial charge on any atom is -0.193 e. The number of nitrogens with zero attached hydrogens (tertiary/aromatic N) is 2. The van der Waals surface area contributed by atoms with Crippen molar-refractivity contribution in [2.24, 2.45) is 0 Å². The Hall–Kier alpha value is -1.54. The average molecular weight is 104 g/mol. The second-order valence-electron chi connectivity index (χ2n) is 0.976. The zero-order valence-electron chi connectivity index (χ0n) is 4.20. The number of nitriles is 2. The number of hydrogen-bond donors (Lipinski definition) is 0. The minimum absolute atomic E-state index is 1.30. The van der Waals surface area contributed by atoms with E-state index in [0.29, 0.717) is 0 Å². The van der Waals surface area contributed by atoms with E-state index in [-0.39, 0.29) is 0 Å². The van der Waals surface area contributed by atoms with E-state index in [9.17, 15) is 0 Å². The molecule has 2 nitrogen and oxygen atoms in total. The molecule has 0 heterocycles. The van der Waals surface area contributed by atoms with Crippen LogP contribution in [0.4, 0.5) is 0 Å². The average Bonchev–Trinajstić information content (AvgIpc) is 1.81. The summed E-state index contributed by atoms with van der Waals surface area (Å²) in [6.07, 6.45) is 5.61. The van der Waals surface area contributed by atoms with Crippen LogP contribution in [0.3, 0.4) is 0 Å². The summed E-state index contributed by atoms with van der Waals surface area (Å²) in [5.74, 6) is 0. The fraction of sp³-hybridized carbons (Fsp3) is 0. The predicted molar refractivity (Wildman–Crippen MR) is 29.5 cm³/mol. The Bertz CT molecular complexity index is 154. The molecule has 0 rings (SSSR count). The first kappa shape index (κ1) is 6.46. The van der Waals surface area contributed by atoms with Gasteiger partial charge in [-0.2, -0.15) is 10.5 Å². The summed E-state index contributed by atoms with van der Waals surface area (Å²) in [4.78, 5) is 0. The van der Waals surface area contributed by atoms with Crippen LogP contribution in [0.15, 0.2) is 24.3 Å². The first-order valence-corrected chi connectivity index (χ1v) is 2.02. The van der Waals surface area contributed by atoms with Crippen molar-refractivity contribution in [1.29, 1.82) is 10.5 Å². The first-order valence-electron chi connectivity index (χ1n) is 2.02. The molecule has 0 saturated heterocycles. The highest BCUT2D eigenvalue weighted by atomic mass is 14.2. The Labute approximate surface area is 48.0 Å². The molecule has 0 aromatic heterocycles. The highest BCUT2D eigenvalue weighted by molar-refractivity contribution is 5.16. The lowest BCUT2D eigenvalue weighted by atomic mass is 10.4. The largest absolute Gasteiger partial charge is 0.193 e. The standard InChI is InChI=1S/C6H4N2/c7-5-3-1-2-4-6-8/h1-4H/b3-1-,4-2-. The van der Waals surface area contributed by atoms with Crippen molar-refractivity contribution >= 4 is 0 Å². The van der Waals surface area contributed by atoms with Crippen LogP contribution in [-0.4, -0.2) is 0 Å². The molecule has 2 heteroatoms. The maximum Gasteiger partial charge on any atom is 0.0912 e. The zero-order chi connectivity index (χ0) is 6.24. The van der Waals surface area contributed by atoms with E-state index < -0.39 is 0 Å². The summed E-state index contributed by atoms with van der Waals surface area (Å²) in [5, 5.41) is 15.8. The number of allylic oxidation sites excluding steroid dienone is 4. The van der Waals surface area contributed by atoms with Crippen molar-refractivity contribution in [2.75, 3.05) is 0 Å². The van der Waals surface area contributed by atoms with Gasteiger partial charge < -0.3 is 0 Å². The molecule has 8 heavy (non-hydrogen) atoms. The molecule has 0 aliphatic rings. The molecular weight excluding hydrogens is 100 g/mol. The van der Waals surface area contributed by atoms with Gasteiger partial charge in [0.2, 0.25) is 0 Å². The molecule has 0 saturated carbocycles. The van der Waals surface area contributed by atoms with Gasteiger partial charge in [0.05, 0.1) is 12.1 Å². The van der Waals surface area contributed by atoms with E-state index in [1.165, 1.54) is 24.3 Å². The lowest BCUT2D eigenvalue weighted by Gasteiger charge is -1.59. The van der Waals surface area contributed by atoms with Gasteiger partial charge in [-0.15, -0.1) is 0 Å². The van der Waals surface area contributed by atoms with E-state index in [2.05, 4.69) is 0 Å². The monoisotopic (exact) mass is 104 g/mol. The summed E-state index contributed by atoms with van der Waals surface area (Å²) < 4.78 is 0. The van der Waals surface area contributed by atoms with Crippen LogP contribution >= 0.6 is 0 Å². The van der Waals surface area contributed by atoms with Gasteiger partial charge in [-0.25, -0.2) is 0 Å². The third kappa shape index (κ3) is 4.46. The summed E-state index contributed by atoms with van der Waals surface area (Å²) in [7, 11) is 0. The highest BCUT2D eigenvalue weighted by Crippen LogP contribution is 1.72. The second kappa shape index (κ2) is 5.46. The fourth-order valence-corrected chi connectivity index (χ4v) is 0.197. The van der Waals surface area contributed by atoms with E-state index in [1.807, 2.05) is 0 Å². The molecule has 0 fully saturated rings. The lowest BCUT2D eigenvalue weighted by molar-refractivity contribution is 1.53. The molecule has 0 aliphatic heterocycles. The normalized spacial score (nSPS) is 9.25. The minimum atomic E-state index is 1.30. The zero-order valence-corrected chi connectivity index (χ0v) is 4.20. The van der Waals surface area contributed by atoms with Crippen LogP contribution < -0.4 is 0 Å².